The Kier molecular flexibility index (Phi) is 6.31. The van der Waals surface area contributed by atoms with Crippen molar-refractivity contribution in [1.82, 2.24) is 0 Å². The minimum Gasteiger partial charge on any atom is -0.490 e. The second-order valence-corrected chi connectivity index (χ2v) is 7.30. The lowest BCUT2D eigenvalue weighted by Crippen LogP contribution is -2.17. The third-order valence-corrected chi connectivity index (χ3v) is 5.12. The van der Waals surface area contributed by atoms with Crippen molar-refractivity contribution in [2.75, 3.05) is 13.2 Å². The van der Waals surface area contributed by atoms with Gasteiger partial charge in [0.1, 0.15) is 30.4 Å². The number of rotatable bonds is 7. The maximum Gasteiger partial charge on any atom is 0.336 e. The molecule has 0 aliphatic carbocycles. The van der Waals surface area contributed by atoms with E-state index >= 15 is 0 Å². The number of carbonyl (C=O) groups excluding carboxylic acids is 1. The van der Waals surface area contributed by atoms with E-state index in [-0.39, 0.29) is 19.0 Å². The molecule has 6 heteroatoms. The summed E-state index contributed by atoms with van der Waals surface area (Å²) in [5, 5.41) is 0.780. The van der Waals surface area contributed by atoms with Gasteiger partial charge in [0.05, 0.1) is 5.92 Å². The molecule has 1 heterocycles. The molecular weight excluding hydrogens is 411 g/mol. The second-order valence-electron chi connectivity index (χ2n) is 7.30. The topological polar surface area (TPSA) is 65.7 Å². The Hall–Kier alpha value is -3.93. The van der Waals surface area contributed by atoms with Gasteiger partial charge in [-0.1, -0.05) is 42.5 Å². The van der Waals surface area contributed by atoms with Crippen molar-refractivity contribution in [3.05, 3.63) is 101 Å². The Morgan fingerprint density at radius 1 is 0.969 bits per heavy atom. The van der Waals surface area contributed by atoms with E-state index in [0.29, 0.717) is 22.5 Å². The molecule has 0 radical (unpaired) electrons. The molecule has 0 saturated heterocycles. The van der Waals surface area contributed by atoms with Crippen LogP contribution in [0.25, 0.3) is 22.1 Å². The van der Waals surface area contributed by atoms with E-state index < -0.39 is 17.5 Å². The second kappa shape index (κ2) is 9.47. The Bertz CT molecular complexity index is 1300. The molecule has 4 rings (SSSR count). The number of ether oxygens (including phenoxy) is 2. The van der Waals surface area contributed by atoms with Crippen LogP contribution in [0.1, 0.15) is 18.4 Å². The van der Waals surface area contributed by atoms with Gasteiger partial charge >= 0.3 is 11.6 Å². The van der Waals surface area contributed by atoms with Crippen LogP contribution >= 0.6 is 0 Å². The molecule has 4 aromatic rings. The van der Waals surface area contributed by atoms with Crippen molar-refractivity contribution in [2.24, 2.45) is 0 Å². The standard InChI is InChI=1S/C26H21FO5/c1-17(20-8-11-22(23(27)15-20)18-5-3-2-4-6-18)26(29)31-14-13-30-21-10-7-19-9-12-25(28)32-24(19)16-21/h2-12,15-17H,13-14H2,1H3. The molecule has 0 spiro atoms. The summed E-state index contributed by atoms with van der Waals surface area (Å²) in [4.78, 5) is 23.7. The van der Waals surface area contributed by atoms with Gasteiger partial charge < -0.3 is 13.9 Å². The highest BCUT2D eigenvalue weighted by atomic mass is 19.1. The number of carbonyl (C=O) groups is 1. The zero-order chi connectivity index (χ0) is 22.5. The zero-order valence-electron chi connectivity index (χ0n) is 17.4. The van der Waals surface area contributed by atoms with Gasteiger partial charge in [-0.2, -0.15) is 0 Å². The van der Waals surface area contributed by atoms with Crippen LogP contribution in [0.5, 0.6) is 5.75 Å². The molecule has 0 saturated carbocycles. The molecule has 0 aliphatic rings. The first-order valence-electron chi connectivity index (χ1n) is 10.2. The molecule has 1 aromatic heterocycles. The van der Waals surface area contributed by atoms with Crippen LogP contribution in [0.3, 0.4) is 0 Å². The number of hydrogen-bond donors (Lipinski definition) is 0. The van der Waals surface area contributed by atoms with Gasteiger partial charge in [0.15, 0.2) is 0 Å². The molecule has 1 atom stereocenters. The summed E-state index contributed by atoms with van der Waals surface area (Å²) in [5.74, 6) is -0.983. The molecule has 32 heavy (non-hydrogen) atoms. The van der Waals surface area contributed by atoms with Gasteiger partial charge in [0, 0.05) is 23.1 Å². The summed E-state index contributed by atoms with van der Waals surface area (Å²) < 4.78 is 30.6. The normalized spacial score (nSPS) is 11.8. The largest absolute Gasteiger partial charge is 0.490 e. The number of hydrogen-bond acceptors (Lipinski definition) is 5. The lowest BCUT2D eigenvalue weighted by molar-refractivity contribution is -0.145. The zero-order valence-corrected chi connectivity index (χ0v) is 17.4. The number of halogens is 1. The average Bonchev–Trinajstić information content (AvgIpc) is 2.81. The highest BCUT2D eigenvalue weighted by Gasteiger charge is 2.18. The van der Waals surface area contributed by atoms with Crippen molar-refractivity contribution < 1.29 is 23.1 Å². The van der Waals surface area contributed by atoms with Crippen LogP contribution < -0.4 is 10.4 Å². The van der Waals surface area contributed by atoms with Gasteiger partial charge in [0.25, 0.3) is 0 Å². The fourth-order valence-corrected chi connectivity index (χ4v) is 3.35. The third-order valence-electron chi connectivity index (χ3n) is 5.12. The van der Waals surface area contributed by atoms with Crippen molar-refractivity contribution in [3.63, 3.8) is 0 Å². The lowest BCUT2D eigenvalue weighted by atomic mass is 9.97. The van der Waals surface area contributed by atoms with E-state index in [1.165, 1.54) is 12.1 Å². The van der Waals surface area contributed by atoms with Gasteiger partial charge in [-0.3, -0.25) is 4.79 Å². The average molecular weight is 432 g/mol. The molecule has 0 aliphatic heterocycles. The Morgan fingerprint density at radius 2 is 1.75 bits per heavy atom. The van der Waals surface area contributed by atoms with E-state index in [1.807, 2.05) is 30.3 Å². The first kappa shape index (κ1) is 21.3. The summed E-state index contributed by atoms with van der Waals surface area (Å²) in [6, 6.07) is 22.1. The van der Waals surface area contributed by atoms with E-state index in [9.17, 15) is 14.0 Å². The van der Waals surface area contributed by atoms with E-state index in [2.05, 4.69) is 0 Å². The summed E-state index contributed by atoms with van der Waals surface area (Å²) >= 11 is 0. The van der Waals surface area contributed by atoms with Crippen LogP contribution in [0.4, 0.5) is 4.39 Å². The van der Waals surface area contributed by atoms with E-state index in [4.69, 9.17) is 13.9 Å². The molecule has 0 amide bonds. The molecule has 0 N–H and O–H groups in total. The maximum atomic E-state index is 14.6. The highest BCUT2D eigenvalue weighted by molar-refractivity contribution is 5.78. The van der Waals surface area contributed by atoms with Crippen molar-refractivity contribution in [2.45, 2.75) is 12.8 Å². The van der Waals surface area contributed by atoms with Crippen molar-refractivity contribution in [3.8, 4) is 16.9 Å². The van der Waals surface area contributed by atoms with Crippen LogP contribution in [-0.4, -0.2) is 19.2 Å². The summed E-state index contributed by atoms with van der Waals surface area (Å²) in [6.07, 6.45) is 0. The predicted octanol–water partition coefficient (Wildman–Crippen LogP) is 5.32. The quantitative estimate of drug-likeness (QED) is 0.225. The predicted molar refractivity (Wildman–Crippen MR) is 119 cm³/mol. The van der Waals surface area contributed by atoms with Crippen LogP contribution in [0, 0.1) is 5.82 Å². The maximum absolute atomic E-state index is 14.6. The molecule has 5 nitrogen and oxygen atoms in total. The third kappa shape index (κ3) is 4.86. The van der Waals surface area contributed by atoms with E-state index in [0.717, 1.165) is 10.9 Å². The molecule has 3 aromatic carbocycles. The van der Waals surface area contributed by atoms with Crippen LogP contribution in [0.15, 0.2) is 88.1 Å². The fraction of sp³-hybridized carbons (Fsp3) is 0.154. The molecule has 0 bridgehead atoms. The molecule has 162 valence electrons. The number of esters is 1. The van der Waals surface area contributed by atoms with E-state index in [1.54, 1.807) is 43.3 Å². The lowest BCUT2D eigenvalue weighted by Gasteiger charge is -2.14. The van der Waals surface area contributed by atoms with Crippen LogP contribution in [0.2, 0.25) is 0 Å². The number of fused-ring (bicyclic) bond motifs is 1. The summed E-state index contributed by atoms with van der Waals surface area (Å²) in [7, 11) is 0. The Morgan fingerprint density at radius 3 is 2.53 bits per heavy atom. The molecular formula is C26H21FO5. The smallest absolute Gasteiger partial charge is 0.336 e. The van der Waals surface area contributed by atoms with Crippen molar-refractivity contribution >= 4 is 16.9 Å². The molecule has 0 fully saturated rings. The first-order chi connectivity index (χ1) is 15.5. The summed E-state index contributed by atoms with van der Waals surface area (Å²) in [5.41, 5.74) is 1.77. The fourth-order valence-electron chi connectivity index (χ4n) is 3.35. The Balaban J connectivity index is 1.32. The van der Waals surface area contributed by atoms with Crippen molar-refractivity contribution in [1.29, 1.82) is 0 Å². The number of benzene rings is 3. The summed E-state index contributed by atoms with van der Waals surface area (Å²) in [6.45, 7) is 1.83. The SMILES string of the molecule is CC(C(=O)OCCOc1ccc2ccc(=O)oc2c1)c1ccc(-c2ccccc2)c(F)c1. The van der Waals surface area contributed by atoms with Crippen LogP contribution in [-0.2, 0) is 9.53 Å². The minimum atomic E-state index is -0.621. The monoisotopic (exact) mass is 432 g/mol. The van der Waals surface area contributed by atoms with Gasteiger partial charge in [-0.25, -0.2) is 9.18 Å². The molecule has 1 unspecified atom stereocenters. The van der Waals surface area contributed by atoms with Gasteiger partial charge in [0.2, 0.25) is 0 Å². The Labute approximate surface area is 184 Å². The van der Waals surface area contributed by atoms with Gasteiger partial charge in [-0.15, -0.1) is 0 Å². The first-order valence-corrected chi connectivity index (χ1v) is 10.2. The minimum absolute atomic E-state index is 0.0323. The van der Waals surface area contributed by atoms with Gasteiger partial charge in [-0.05, 0) is 42.3 Å². The highest BCUT2D eigenvalue weighted by Crippen LogP contribution is 2.27.